The maximum absolute atomic E-state index is 13.3. The minimum atomic E-state index is -1.29. The van der Waals surface area contributed by atoms with Crippen molar-refractivity contribution >= 4 is 29.4 Å². The van der Waals surface area contributed by atoms with Crippen molar-refractivity contribution in [2.24, 2.45) is 0 Å². The van der Waals surface area contributed by atoms with Crippen molar-refractivity contribution in [3.05, 3.63) is 29.6 Å². The molecule has 0 aliphatic heterocycles. The second-order valence-electron chi connectivity index (χ2n) is 4.02. The number of carbonyl (C=O) groups is 2. The molecule has 0 aliphatic carbocycles. The smallest absolute Gasteiger partial charge is 0.326 e. The predicted molar refractivity (Wildman–Crippen MR) is 72.9 cm³/mol. The number of amides is 2. The topological polar surface area (TPSA) is 78.4 Å². The highest BCUT2D eigenvalue weighted by Crippen LogP contribution is 2.20. The van der Waals surface area contributed by atoms with Crippen LogP contribution in [0.1, 0.15) is 6.42 Å². The first-order chi connectivity index (χ1) is 9.85. The summed E-state index contributed by atoms with van der Waals surface area (Å²) in [5, 5.41) is 12.8. The monoisotopic (exact) mass is 322 g/mol. The Labute approximate surface area is 122 Å². The molecule has 0 bridgehead atoms. The molecule has 9 heteroatoms. The first-order valence-electron chi connectivity index (χ1n) is 5.79. The summed E-state index contributed by atoms with van der Waals surface area (Å²) in [6.45, 7) is 0. The van der Waals surface area contributed by atoms with Gasteiger partial charge in [-0.2, -0.15) is 11.8 Å². The molecule has 0 aliphatic rings. The van der Waals surface area contributed by atoms with Gasteiger partial charge in [0.25, 0.3) is 0 Å². The summed E-state index contributed by atoms with van der Waals surface area (Å²) in [4.78, 5) is 22.5. The fraction of sp³-hybridized carbons (Fsp3) is 0.333. The number of hydrogen-bond donors (Lipinski definition) is 3. The van der Waals surface area contributed by atoms with Gasteiger partial charge in [-0.15, -0.1) is 0 Å². The van der Waals surface area contributed by atoms with E-state index in [1.165, 1.54) is 11.8 Å². The summed E-state index contributed by atoms with van der Waals surface area (Å²) in [5.74, 6) is -4.49. The second-order valence-corrected chi connectivity index (χ2v) is 5.00. The molecule has 1 rings (SSSR count). The Morgan fingerprint density at radius 1 is 1.29 bits per heavy atom. The largest absolute Gasteiger partial charge is 0.480 e. The standard InChI is InChI=1S/C12H13F3N2O3S/c1-21-3-2-9(11(18)19)16-12(20)17-10-7(14)4-6(13)5-8(10)15/h4-5,9H,2-3H2,1H3,(H,18,19)(H2,16,17,20)/t9-/m0/s1. The van der Waals surface area contributed by atoms with E-state index in [9.17, 15) is 22.8 Å². The van der Waals surface area contributed by atoms with Crippen LogP contribution in [0.2, 0.25) is 0 Å². The molecule has 2 amide bonds. The molecule has 0 aromatic heterocycles. The minimum absolute atomic E-state index is 0.151. The summed E-state index contributed by atoms with van der Waals surface area (Å²) >= 11 is 1.39. The zero-order valence-electron chi connectivity index (χ0n) is 11.0. The maximum Gasteiger partial charge on any atom is 0.326 e. The Morgan fingerprint density at radius 2 is 1.86 bits per heavy atom. The zero-order chi connectivity index (χ0) is 16.0. The maximum atomic E-state index is 13.3. The van der Waals surface area contributed by atoms with Crippen molar-refractivity contribution in [2.75, 3.05) is 17.3 Å². The molecule has 5 nitrogen and oxygen atoms in total. The zero-order valence-corrected chi connectivity index (χ0v) is 11.8. The average molecular weight is 322 g/mol. The van der Waals surface area contributed by atoms with Gasteiger partial charge in [-0.3, -0.25) is 0 Å². The van der Waals surface area contributed by atoms with Gasteiger partial charge in [0.05, 0.1) is 0 Å². The highest BCUT2D eigenvalue weighted by atomic mass is 32.2. The summed E-state index contributed by atoms with van der Waals surface area (Å²) in [6.07, 6.45) is 1.92. The molecule has 0 radical (unpaired) electrons. The molecule has 0 saturated carbocycles. The van der Waals surface area contributed by atoms with E-state index < -0.39 is 41.2 Å². The summed E-state index contributed by atoms with van der Waals surface area (Å²) in [7, 11) is 0. The van der Waals surface area contributed by atoms with E-state index in [2.05, 4.69) is 5.32 Å². The number of halogens is 3. The Bertz CT molecular complexity index is 519. The molecule has 0 unspecified atom stereocenters. The Hall–Kier alpha value is -1.90. The number of carboxylic acid groups (broad SMARTS) is 1. The van der Waals surface area contributed by atoms with Crippen LogP contribution in [0.15, 0.2) is 12.1 Å². The fourth-order valence-corrected chi connectivity index (χ4v) is 1.93. The highest BCUT2D eigenvalue weighted by Gasteiger charge is 2.21. The van der Waals surface area contributed by atoms with Crippen LogP contribution in [0.5, 0.6) is 0 Å². The predicted octanol–water partition coefficient (Wildman–Crippen LogP) is 2.43. The SMILES string of the molecule is CSCC[C@H](NC(=O)Nc1c(F)cc(F)cc1F)C(=O)O. The lowest BCUT2D eigenvalue weighted by atomic mass is 10.2. The molecule has 21 heavy (non-hydrogen) atoms. The number of urea groups is 1. The van der Waals surface area contributed by atoms with Crippen molar-refractivity contribution in [2.45, 2.75) is 12.5 Å². The van der Waals surface area contributed by atoms with Crippen molar-refractivity contribution < 1.29 is 27.9 Å². The highest BCUT2D eigenvalue weighted by molar-refractivity contribution is 7.98. The third kappa shape index (κ3) is 5.18. The second kappa shape index (κ2) is 7.77. The van der Waals surface area contributed by atoms with Crippen molar-refractivity contribution in [1.82, 2.24) is 5.32 Å². The van der Waals surface area contributed by atoms with Crippen LogP contribution >= 0.6 is 11.8 Å². The number of benzene rings is 1. The number of nitrogens with one attached hydrogen (secondary N) is 2. The molecule has 1 atom stereocenters. The van der Waals surface area contributed by atoms with Gasteiger partial charge < -0.3 is 15.7 Å². The van der Waals surface area contributed by atoms with E-state index in [1.807, 2.05) is 5.32 Å². The van der Waals surface area contributed by atoms with Crippen molar-refractivity contribution in [3.8, 4) is 0 Å². The van der Waals surface area contributed by atoms with Gasteiger partial charge in [-0.1, -0.05) is 0 Å². The molecule has 3 N–H and O–H groups in total. The van der Waals surface area contributed by atoms with Crippen molar-refractivity contribution in [3.63, 3.8) is 0 Å². The number of thioether (sulfide) groups is 1. The quantitative estimate of drug-likeness (QED) is 0.752. The molecule has 0 saturated heterocycles. The summed E-state index contributed by atoms with van der Waals surface area (Å²) < 4.78 is 39.4. The molecule has 1 aromatic rings. The molecular weight excluding hydrogens is 309 g/mol. The van der Waals surface area contributed by atoms with Crippen LogP contribution in [0, 0.1) is 17.5 Å². The molecule has 116 valence electrons. The van der Waals surface area contributed by atoms with Crippen LogP contribution in [0.4, 0.5) is 23.7 Å². The van der Waals surface area contributed by atoms with E-state index in [1.54, 1.807) is 6.26 Å². The molecule has 0 fully saturated rings. The fourth-order valence-electron chi connectivity index (χ4n) is 1.46. The van der Waals surface area contributed by atoms with Crippen LogP contribution in [-0.2, 0) is 4.79 Å². The average Bonchev–Trinajstić information content (AvgIpc) is 2.38. The summed E-state index contributed by atoms with van der Waals surface area (Å²) in [6, 6.07) is -1.47. The number of carboxylic acids is 1. The van der Waals surface area contributed by atoms with Crippen LogP contribution in [0.3, 0.4) is 0 Å². The summed E-state index contributed by atoms with van der Waals surface area (Å²) in [5.41, 5.74) is -0.845. The molecular formula is C12H13F3N2O3S. The lowest BCUT2D eigenvalue weighted by Gasteiger charge is -2.15. The molecule has 0 heterocycles. The van der Waals surface area contributed by atoms with Crippen LogP contribution < -0.4 is 10.6 Å². The van der Waals surface area contributed by atoms with Crippen molar-refractivity contribution in [1.29, 1.82) is 0 Å². The van der Waals surface area contributed by atoms with Gasteiger partial charge in [-0.25, -0.2) is 22.8 Å². The Morgan fingerprint density at radius 3 is 2.33 bits per heavy atom. The first kappa shape index (κ1) is 17.2. The van der Waals surface area contributed by atoms with Gasteiger partial charge in [0.1, 0.15) is 17.5 Å². The normalized spacial score (nSPS) is 11.8. The van der Waals surface area contributed by atoms with Gasteiger partial charge in [0, 0.05) is 12.1 Å². The van der Waals surface area contributed by atoms with Crippen LogP contribution in [0.25, 0.3) is 0 Å². The van der Waals surface area contributed by atoms with E-state index in [0.717, 1.165) is 0 Å². The van der Waals surface area contributed by atoms with Gasteiger partial charge in [0.2, 0.25) is 0 Å². The third-order valence-corrected chi connectivity index (χ3v) is 3.10. The minimum Gasteiger partial charge on any atom is -0.480 e. The van der Waals surface area contributed by atoms with E-state index in [-0.39, 0.29) is 6.42 Å². The molecule has 1 aromatic carbocycles. The lowest BCUT2D eigenvalue weighted by molar-refractivity contribution is -0.139. The Kier molecular flexibility index (Phi) is 6.35. The lowest BCUT2D eigenvalue weighted by Crippen LogP contribution is -2.43. The number of aliphatic carboxylic acids is 1. The third-order valence-electron chi connectivity index (χ3n) is 2.46. The van der Waals surface area contributed by atoms with E-state index in [4.69, 9.17) is 5.11 Å². The van der Waals surface area contributed by atoms with Gasteiger partial charge in [0.15, 0.2) is 11.6 Å². The van der Waals surface area contributed by atoms with Gasteiger partial charge >= 0.3 is 12.0 Å². The number of rotatable bonds is 6. The number of carbonyl (C=O) groups excluding carboxylic acids is 1. The Balaban J connectivity index is 2.74. The first-order valence-corrected chi connectivity index (χ1v) is 7.18. The number of hydrogen-bond acceptors (Lipinski definition) is 3. The van der Waals surface area contributed by atoms with E-state index >= 15 is 0 Å². The number of anilines is 1. The van der Waals surface area contributed by atoms with E-state index in [0.29, 0.717) is 17.9 Å². The molecule has 0 spiro atoms. The van der Waals surface area contributed by atoms with Crippen LogP contribution in [-0.4, -0.2) is 35.2 Å². The van der Waals surface area contributed by atoms with Gasteiger partial charge in [-0.05, 0) is 18.4 Å².